The van der Waals surface area contributed by atoms with E-state index in [-0.39, 0.29) is 11.9 Å². The van der Waals surface area contributed by atoms with Gasteiger partial charge in [0.1, 0.15) is 5.54 Å². The number of nitrogens with zero attached hydrogens (tertiary/aromatic N) is 2. The molecule has 25 heavy (non-hydrogen) atoms. The molecule has 144 valence electrons. The van der Waals surface area contributed by atoms with Gasteiger partial charge in [-0.25, -0.2) is 4.79 Å². The highest BCUT2D eigenvalue weighted by Crippen LogP contribution is 2.20. The Morgan fingerprint density at radius 2 is 1.96 bits per heavy atom. The standard InChI is InChI=1S/C18H35N5O2/c1-6-18(5)15(24)23(17(25)22-18)12-8-11-20-16(19)21-14(4)10-7-9-13(2)3/h13-14H,6-12H2,1-5H3,(H,22,25)(H3,19,20,21). The zero-order valence-electron chi connectivity index (χ0n) is 16.4. The summed E-state index contributed by atoms with van der Waals surface area (Å²) in [5.74, 6) is 0.986. The van der Waals surface area contributed by atoms with Gasteiger partial charge in [0.05, 0.1) is 0 Å². The molecule has 7 nitrogen and oxygen atoms in total. The Hall–Kier alpha value is -1.79. The third-order valence-corrected chi connectivity index (χ3v) is 4.69. The minimum absolute atomic E-state index is 0.158. The number of nitrogens with two attached hydrogens (primary N) is 1. The molecular formula is C18H35N5O2. The monoisotopic (exact) mass is 353 g/mol. The number of hydrogen-bond acceptors (Lipinski definition) is 3. The highest BCUT2D eigenvalue weighted by molar-refractivity contribution is 6.06. The summed E-state index contributed by atoms with van der Waals surface area (Å²) in [5.41, 5.74) is 5.13. The highest BCUT2D eigenvalue weighted by atomic mass is 16.2. The molecule has 0 spiro atoms. The summed E-state index contributed by atoms with van der Waals surface area (Å²) in [4.78, 5) is 29.7. The molecule has 1 aliphatic heterocycles. The molecule has 2 atom stereocenters. The number of nitrogens with one attached hydrogen (secondary N) is 2. The van der Waals surface area contributed by atoms with Crippen LogP contribution in [0.4, 0.5) is 4.79 Å². The average molecular weight is 354 g/mol. The van der Waals surface area contributed by atoms with E-state index in [0.717, 1.165) is 12.3 Å². The van der Waals surface area contributed by atoms with E-state index in [0.29, 0.717) is 37.9 Å². The molecule has 0 aliphatic carbocycles. The molecule has 0 bridgehead atoms. The van der Waals surface area contributed by atoms with Crippen molar-refractivity contribution in [2.24, 2.45) is 16.6 Å². The Balaban J connectivity index is 2.30. The fourth-order valence-corrected chi connectivity index (χ4v) is 2.82. The molecule has 4 N–H and O–H groups in total. The number of carbonyl (C=O) groups excluding carboxylic acids is 2. The number of hydrogen-bond donors (Lipinski definition) is 3. The minimum Gasteiger partial charge on any atom is -0.370 e. The van der Waals surface area contributed by atoms with E-state index in [1.165, 1.54) is 17.7 Å². The maximum atomic E-state index is 12.3. The zero-order chi connectivity index (χ0) is 19.0. The predicted octanol–water partition coefficient (Wildman–Crippen LogP) is 2.22. The lowest BCUT2D eigenvalue weighted by atomic mass is 9.99. The fraction of sp³-hybridized carbons (Fsp3) is 0.833. The van der Waals surface area contributed by atoms with Crippen molar-refractivity contribution in [1.29, 1.82) is 0 Å². The number of urea groups is 1. The average Bonchev–Trinajstić information content (AvgIpc) is 2.74. The lowest BCUT2D eigenvalue weighted by molar-refractivity contribution is -0.130. The van der Waals surface area contributed by atoms with Gasteiger partial charge in [-0.3, -0.25) is 14.7 Å². The van der Waals surface area contributed by atoms with Crippen LogP contribution in [0, 0.1) is 5.92 Å². The molecule has 1 fully saturated rings. The van der Waals surface area contributed by atoms with Gasteiger partial charge in [0.25, 0.3) is 5.91 Å². The number of aliphatic imine (C=N–C) groups is 1. The van der Waals surface area contributed by atoms with Gasteiger partial charge in [0.2, 0.25) is 0 Å². The Kier molecular flexibility index (Phi) is 8.19. The molecule has 0 aromatic heterocycles. The van der Waals surface area contributed by atoms with Crippen LogP contribution in [0.3, 0.4) is 0 Å². The van der Waals surface area contributed by atoms with Gasteiger partial charge in [-0.1, -0.05) is 33.6 Å². The Morgan fingerprint density at radius 3 is 2.52 bits per heavy atom. The van der Waals surface area contributed by atoms with Gasteiger partial charge in [-0.15, -0.1) is 0 Å². The van der Waals surface area contributed by atoms with Crippen molar-refractivity contribution >= 4 is 17.9 Å². The maximum Gasteiger partial charge on any atom is 0.325 e. The van der Waals surface area contributed by atoms with E-state index in [4.69, 9.17) is 5.73 Å². The normalized spacial score (nSPS) is 22.5. The molecule has 0 aromatic rings. The third kappa shape index (κ3) is 6.55. The molecule has 0 aromatic carbocycles. The zero-order valence-corrected chi connectivity index (χ0v) is 16.4. The largest absolute Gasteiger partial charge is 0.370 e. The van der Waals surface area contributed by atoms with Gasteiger partial charge in [0.15, 0.2) is 5.96 Å². The summed E-state index contributed by atoms with van der Waals surface area (Å²) >= 11 is 0. The molecule has 2 unspecified atom stereocenters. The second-order valence-corrected chi connectivity index (χ2v) is 7.56. The van der Waals surface area contributed by atoms with Gasteiger partial charge < -0.3 is 16.4 Å². The molecule has 1 saturated heterocycles. The van der Waals surface area contributed by atoms with Crippen LogP contribution in [0.5, 0.6) is 0 Å². The fourth-order valence-electron chi connectivity index (χ4n) is 2.82. The Bertz CT molecular complexity index is 492. The van der Waals surface area contributed by atoms with Crippen molar-refractivity contribution in [3.05, 3.63) is 0 Å². The van der Waals surface area contributed by atoms with Crippen molar-refractivity contribution in [2.45, 2.75) is 78.3 Å². The van der Waals surface area contributed by atoms with E-state index in [1.54, 1.807) is 6.92 Å². The Labute approximate surface area is 151 Å². The van der Waals surface area contributed by atoms with Crippen molar-refractivity contribution in [3.63, 3.8) is 0 Å². The summed E-state index contributed by atoms with van der Waals surface area (Å²) in [6, 6.07) is -0.0260. The van der Waals surface area contributed by atoms with E-state index < -0.39 is 5.54 Å². The van der Waals surface area contributed by atoms with E-state index in [1.807, 2.05) is 6.92 Å². The van der Waals surface area contributed by atoms with Crippen LogP contribution in [0.1, 0.15) is 66.7 Å². The number of amides is 3. The minimum atomic E-state index is -0.771. The summed E-state index contributed by atoms with van der Waals surface area (Å²) < 4.78 is 0. The van der Waals surface area contributed by atoms with E-state index in [2.05, 4.69) is 36.4 Å². The van der Waals surface area contributed by atoms with Crippen LogP contribution in [0.2, 0.25) is 0 Å². The van der Waals surface area contributed by atoms with Crippen molar-refractivity contribution < 1.29 is 9.59 Å². The van der Waals surface area contributed by atoms with Crippen LogP contribution in [0.15, 0.2) is 4.99 Å². The van der Waals surface area contributed by atoms with E-state index in [9.17, 15) is 9.59 Å². The molecule has 0 radical (unpaired) electrons. The van der Waals surface area contributed by atoms with Crippen LogP contribution < -0.4 is 16.4 Å². The highest BCUT2D eigenvalue weighted by Gasteiger charge is 2.45. The van der Waals surface area contributed by atoms with Crippen LogP contribution in [0.25, 0.3) is 0 Å². The second-order valence-electron chi connectivity index (χ2n) is 7.56. The van der Waals surface area contributed by atoms with Crippen LogP contribution >= 0.6 is 0 Å². The molecule has 7 heteroatoms. The first-order valence-corrected chi connectivity index (χ1v) is 9.40. The van der Waals surface area contributed by atoms with Gasteiger partial charge >= 0.3 is 6.03 Å². The summed E-state index contributed by atoms with van der Waals surface area (Å²) in [7, 11) is 0. The topological polar surface area (TPSA) is 99.8 Å². The third-order valence-electron chi connectivity index (χ3n) is 4.69. The first-order chi connectivity index (χ1) is 11.7. The molecule has 3 amide bonds. The van der Waals surface area contributed by atoms with Crippen LogP contribution in [-0.2, 0) is 4.79 Å². The Morgan fingerprint density at radius 1 is 1.28 bits per heavy atom. The number of imide groups is 1. The van der Waals surface area contributed by atoms with Crippen LogP contribution in [-0.4, -0.2) is 47.5 Å². The molecule has 1 rings (SSSR count). The lowest BCUT2D eigenvalue weighted by Crippen LogP contribution is -2.43. The number of guanidine groups is 1. The maximum absolute atomic E-state index is 12.3. The first-order valence-electron chi connectivity index (χ1n) is 9.40. The first kappa shape index (κ1) is 21.3. The van der Waals surface area contributed by atoms with Crippen molar-refractivity contribution in [1.82, 2.24) is 15.5 Å². The van der Waals surface area contributed by atoms with E-state index >= 15 is 0 Å². The van der Waals surface area contributed by atoms with Crippen molar-refractivity contribution in [3.8, 4) is 0 Å². The predicted molar refractivity (Wildman–Crippen MR) is 101 cm³/mol. The second kappa shape index (κ2) is 9.63. The molecule has 0 saturated carbocycles. The van der Waals surface area contributed by atoms with Gasteiger partial charge in [-0.05, 0) is 39.0 Å². The number of carbonyl (C=O) groups is 2. The van der Waals surface area contributed by atoms with Gasteiger partial charge in [-0.2, -0.15) is 0 Å². The van der Waals surface area contributed by atoms with Gasteiger partial charge in [0, 0.05) is 19.1 Å². The summed E-state index contributed by atoms with van der Waals surface area (Å²) in [6.45, 7) is 11.0. The molecule has 1 heterocycles. The molecular weight excluding hydrogens is 318 g/mol. The quantitative estimate of drug-likeness (QED) is 0.243. The summed E-state index contributed by atoms with van der Waals surface area (Å²) in [5, 5.41) is 5.94. The SMILES string of the molecule is CCC1(C)NC(=O)N(CCCN=C(N)NC(C)CCCC(C)C)C1=O. The number of rotatable bonds is 10. The smallest absolute Gasteiger partial charge is 0.325 e. The summed E-state index contributed by atoms with van der Waals surface area (Å²) in [6.07, 6.45) is 4.63. The lowest BCUT2D eigenvalue weighted by Gasteiger charge is -2.19. The van der Waals surface area contributed by atoms with Crippen molar-refractivity contribution in [2.75, 3.05) is 13.1 Å². The molecule has 1 aliphatic rings.